The molecule has 0 N–H and O–H groups in total. The molecule has 0 unspecified atom stereocenters. The van der Waals surface area contributed by atoms with Gasteiger partial charge >= 0.3 is 0 Å². The van der Waals surface area contributed by atoms with E-state index in [4.69, 9.17) is 27.9 Å². The summed E-state index contributed by atoms with van der Waals surface area (Å²) >= 11 is 13.8. The zero-order valence-electron chi connectivity index (χ0n) is 6.69. The fourth-order valence-electron chi connectivity index (χ4n) is 0.768. The third-order valence-electron chi connectivity index (χ3n) is 1.36. The molecule has 0 saturated carbocycles. The van der Waals surface area contributed by atoms with Crippen LogP contribution in [-0.4, -0.2) is 6.61 Å². The Hall–Kier alpha value is 0.0700. The minimum Gasteiger partial charge on any atom is -0.488 e. The van der Waals surface area contributed by atoms with Crippen molar-refractivity contribution < 1.29 is 4.74 Å². The van der Waals surface area contributed by atoms with Crippen LogP contribution in [0, 0.1) is 3.57 Å². The first-order chi connectivity index (χ1) is 6.16. The number of benzene rings is 1. The highest BCUT2D eigenvalue weighted by Crippen LogP contribution is 2.33. The average molecular weight is 329 g/mol. The first kappa shape index (κ1) is 11.1. The number of ether oxygens (including phenoxy) is 1. The maximum atomic E-state index is 5.92. The Morgan fingerprint density at radius 3 is 2.77 bits per heavy atom. The van der Waals surface area contributed by atoms with E-state index in [1.807, 2.05) is 0 Å². The Bertz CT molecular complexity index is 326. The first-order valence-corrected chi connectivity index (χ1v) is 5.37. The van der Waals surface area contributed by atoms with Gasteiger partial charge in [-0.3, -0.25) is 0 Å². The van der Waals surface area contributed by atoms with Crippen LogP contribution < -0.4 is 4.74 Å². The van der Waals surface area contributed by atoms with Gasteiger partial charge in [0.05, 0.1) is 13.6 Å². The number of hydrogen-bond acceptors (Lipinski definition) is 1. The molecule has 0 aliphatic heterocycles. The number of hydrogen-bond donors (Lipinski definition) is 0. The summed E-state index contributed by atoms with van der Waals surface area (Å²) in [5.41, 5.74) is 0. The monoisotopic (exact) mass is 328 g/mol. The molecule has 0 aliphatic carbocycles. The van der Waals surface area contributed by atoms with E-state index in [1.54, 1.807) is 18.2 Å². The van der Waals surface area contributed by atoms with Gasteiger partial charge in [-0.25, -0.2) is 0 Å². The van der Waals surface area contributed by atoms with Crippen LogP contribution in [0.3, 0.4) is 0 Å². The Labute approximate surface area is 101 Å². The molecule has 0 aromatic heterocycles. The lowest BCUT2D eigenvalue weighted by molar-refractivity contribution is 0.360. The van der Waals surface area contributed by atoms with Crippen LogP contribution in [0.1, 0.15) is 0 Å². The van der Waals surface area contributed by atoms with Crippen LogP contribution >= 0.6 is 45.8 Å². The smallest absolute Gasteiger partial charge is 0.134 e. The molecule has 0 spiro atoms. The van der Waals surface area contributed by atoms with E-state index in [2.05, 4.69) is 29.2 Å². The molecule has 1 aromatic rings. The van der Waals surface area contributed by atoms with Gasteiger partial charge in [0.25, 0.3) is 0 Å². The second-order valence-corrected chi connectivity index (χ2v) is 4.14. The average Bonchev–Trinajstić information content (AvgIpc) is 2.13. The molecule has 0 atom stereocenters. The van der Waals surface area contributed by atoms with Gasteiger partial charge in [-0.15, -0.1) is 0 Å². The quantitative estimate of drug-likeness (QED) is 0.460. The third-order valence-corrected chi connectivity index (χ3v) is 3.55. The van der Waals surface area contributed by atoms with Crippen molar-refractivity contribution in [2.75, 3.05) is 6.61 Å². The summed E-state index contributed by atoms with van der Waals surface area (Å²) in [6.45, 7) is 4.03. The van der Waals surface area contributed by atoms with Gasteiger partial charge in [0.1, 0.15) is 12.4 Å². The molecule has 0 fully saturated rings. The van der Waals surface area contributed by atoms with Crippen molar-refractivity contribution >= 4 is 45.8 Å². The molecular formula is C9H7Cl2IO. The summed E-state index contributed by atoms with van der Waals surface area (Å²) in [7, 11) is 0. The summed E-state index contributed by atoms with van der Waals surface area (Å²) < 4.78 is 6.18. The lowest BCUT2D eigenvalue weighted by Gasteiger charge is -2.07. The summed E-state index contributed by atoms with van der Waals surface area (Å²) in [5, 5.41) is 1.07. The van der Waals surface area contributed by atoms with E-state index >= 15 is 0 Å². The number of rotatable bonds is 3. The van der Waals surface area contributed by atoms with Crippen molar-refractivity contribution in [2.45, 2.75) is 0 Å². The Balaban J connectivity index is 2.96. The lowest BCUT2D eigenvalue weighted by atomic mass is 10.3. The van der Waals surface area contributed by atoms with Gasteiger partial charge in [0, 0.05) is 0 Å². The predicted molar refractivity (Wildman–Crippen MR) is 64.9 cm³/mol. The van der Waals surface area contributed by atoms with Crippen molar-refractivity contribution in [2.24, 2.45) is 0 Å². The van der Waals surface area contributed by atoms with E-state index < -0.39 is 0 Å². The topological polar surface area (TPSA) is 9.23 Å². The molecular weight excluding hydrogens is 322 g/mol. The van der Waals surface area contributed by atoms with E-state index in [0.717, 1.165) is 9.32 Å². The molecule has 0 aliphatic rings. The fourth-order valence-corrected chi connectivity index (χ4v) is 1.87. The Kier molecular flexibility index (Phi) is 4.35. The van der Waals surface area contributed by atoms with E-state index in [9.17, 15) is 0 Å². The molecule has 1 rings (SSSR count). The molecule has 0 radical (unpaired) electrons. The van der Waals surface area contributed by atoms with Crippen LogP contribution in [0.25, 0.3) is 0 Å². The van der Waals surface area contributed by atoms with E-state index in [1.165, 1.54) is 0 Å². The molecule has 70 valence electrons. The lowest BCUT2D eigenvalue weighted by Crippen LogP contribution is -1.95. The van der Waals surface area contributed by atoms with Crippen molar-refractivity contribution in [3.63, 3.8) is 0 Å². The van der Waals surface area contributed by atoms with Gasteiger partial charge in [-0.1, -0.05) is 35.9 Å². The summed E-state index contributed by atoms with van der Waals surface area (Å²) in [4.78, 5) is 0. The molecule has 0 heterocycles. The van der Waals surface area contributed by atoms with Gasteiger partial charge in [0.15, 0.2) is 0 Å². The van der Waals surface area contributed by atoms with Crippen molar-refractivity contribution in [1.29, 1.82) is 0 Å². The largest absolute Gasteiger partial charge is 0.488 e. The second kappa shape index (κ2) is 5.08. The van der Waals surface area contributed by atoms with Crippen LogP contribution in [-0.2, 0) is 0 Å². The van der Waals surface area contributed by atoms with Gasteiger partial charge in [0.2, 0.25) is 0 Å². The number of halogens is 3. The zero-order valence-corrected chi connectivity index (χ0v) is 10.4. The van der Waals surface area contributed by atoms with Gasteiger partial charge in [-0.2, -0.15) is 0 Å². The Morgan fingerprint density at radius 2 is 2.15 bits per heavy atom. The highest BCUT2D eigenvalue weighted by molar-refractivity contribution is 14.1. The fraction of sp³-hybridized carbons (Fsp3) is 0.111. The van der Waals surface area contributed by atoms with Crippen molar-refractivity contribution in [3.05, 3.63) is 38.4 Å². The van der Waals surface area contributed by atoms with E-state index in [-0.39, 0.29) is 0 Å². The molecule has 13 heavy (non-hydrogen) atoms. The minimum atomic E-state index is 0.466. The zero-order chi connectivity index (χ0) is 9.84. The summed E-state index contributed by atoms with van der Waals surface area (Å²) in [6.07, 6.45) is 1.68. The van der Waals surface area contributed by atoms with Crippen LogP contribution in [0.2, 0.25) is 10.0 Å². The molecule has 0 amide bonds. The molecule has 1 aromatic carbocycles. The van der Waals surface area contributed by atoms with Crippen LogP contribution in [0.4, 0.5) is 0 Å². The van der Waals surface area contributed by atoms with Gasteiger partial charge < -0.3 is 4.74 Å². The van der Waals surface area contributed by atoms with Crippen LogP contribution in [0.15, 0.2) is 24.8 Å². The SMILES string of the molecule is C=CCOc1ccc(Cl)c(Cl)c1I. The normalized spacial score (nSPS) is 9.77. The minimum absolute atomic E-state index is 0.466. The third kappa shape index (κ3) is 2.76. The van der Waals surface area contributed by atoms with Gasteiger partial charge in [-0.05, 0) is 34.7 Å². The molecule has 1 nitrogen and oxygen atoms in total. The standard InChI is InChI=1S/C9H7Cl2IO/c1-2-5-13-7-4-3-6(10)8(11)9(7)12/h2-4H,1,5H2. The van der Waals surface area contributed by atoms with Crippen LogP contribution in [0.5, 0.6) is 5.75 Å². The second-order valence-electron chi connectivity index (χ2n) is 2.27. The molecule has 0 saturated heterocycles. The van der Waals surface area contributed by atoms with Crippen molar-refractivity contribution in [3.8, 4) is 5.75 Å². The van der Waals surface area contributed by atoms with Crippen molar-refractivity contribution in [1.82, 2.24) is 0 Å². The maximum absolute atomic E-state index is 5.92. The predicted octanol–water partition coefficient (Wildman–Crippen LogP) is 4.16. The first-order valence-electron chi connectivity index (χ1n) is 3.54. The molecule has 4 heteroatoms. The van der Waals surface area contributed by atoms with E-state index in [0.29, 0.717) is 16.7 Å². The Morgan fingerprint density at radius 1 is 1.46 bits per heavy atom. The maximum Gasteiger partial charge on any atom is 0.134 e. The summed E-state index contributed by atoms with van der Waals surface area (Å²) in [5.74, 6) is 0.731. The highest BCUT2D eigenvalue weighted by Gasteiger charge is 2.08. The molecule has 0 bridgehead atoms. The highest BCUT2D eigenvalue weighted by atomic mass is 127. The summed E-state index contributed by atoms with van der Waals surface area (Å²) in [6, 6.07) is 3.50.